The van der Waals surface area contributed by atoms with Crippen LogP contribution in [0.4, 0.5) is 0 Å². The Morgan fingerprint density at radius 1 is 0.893 bits per heavy atom. The molecule has 0 radical (unpaired) electrons. The molecular formula is C24H32N2O2. The number of amides is 1. The molecule has 4 nitrogen and oxygen atoms in total. The highest BCUT2D eigenvalue weighted by Gasteiger charge is 2.27. The van der Waals surface area contributed by atoms with Gasteiger partial charge in [-0.1, -0.05) is 71.9 Å². The number of benzene rings is 2. The first-order valence-corrected chi connectivity index (χ1v) is 9.59. The lowest BCUT2D eigenvalue weighted by atomic mass is 9.77. The summed E-state index contributed by atoms with van der Waals surface area (Å²) < 4.78 is 0. The second-order valence-corrected chi connectivity index (χ2v) is 9.28. The Morgan fingerprint density at radius 3 is 1.75 bits per heavy atom. The molecule has 0 aliphatic heterocycles. The Labute approximate surface area is 168 Å². The number of carbonyl (C=O) groups excluding carboxylic acids is 1. The van der Waals surface area contributed by atoms with Gasteiger partial charge < -0.3 is 5.11 Å². The third kappa shape index (κ3) is 4.80. The molecule has 1 amide bonds. The van der Waals surface area contributed by atoms with Gasteiger partial charge in [0.25, 0.3) is 0 Å². The van der Waals surface area contributed by atoms with Gasteiger partial charge >= 0.3 is 0 Å². The van der Waals surface area contributed by atoms with Gasteiger partial charge in [0.2, 0.25) is 5.91 Å². The molecule has 0 aliphatic carbocycles. The number of aromatic hydroxyl groups is 1. The molecule has 0 aliphatic rings. The molecule has 2 aromatic rings. The van der Waals surface area contributed by atoms with Crippen molar-refractivity contribution in [3.63, 3.8) is 0 Å². The molecule has 2 rings (SSSR count). The Balaban J connectivity index is 2.85. The van der Waals surface area contributed by atoms with Crippen LogP contribution in [0.3, 0.4) is 0 Å². The van der Waals surface area contributed by atoms with Crippen molar-refractivity contribution in [2.24, 2.45) is 5.10 Å². The van der Waals surface area contributed by atoms with Gasteiger partial charge in [0.1, 0.15) is 5.75 Å². The van der Waals surface area contributed by atoms with Crippen LogP contribution in [0.15, 0.2) is 47.6 Å². The summed E-state index contributed by atoms with van der Waals surface area (Å²) in [5, 5.41) is 17.0. The van der Waals surface area contributed by atoms with E-state index < -0.39 is 0 Å². The first-order chi connectivity index (χ1) is 12.8. The molecule has 2 aromatic carbocycles. The Kier molecular flexibility index (Phi) is 6.03. The van der Waals surface area contributed by atoms with Crippen LogP contribution in [0, 0.1) is 0 Å². The molecule has 0 atom stereocenters. The van der Waals surface area contributed by atoms with Gasteiger partial charge in [-0.25, -0.2) is 5.01 Å². The Hall–Kier alpha value is -2.62. The van der Waals surface area contributed by atoms with Crippen LogP contribution < -0.4 is 0 Å². The fraction of sp³-hybridized carbons (Fsp3) is 0.417. The normalized spacial score (nSPS) is 12.8. The zero-order chi connectivity index (χ0) is 21.3. The standard InChI is InChI=1S/C24H32N2O2/c1-16(27)26(8)25-21(17-12-10-9-11-13-17)18-14-19(23(2,3)4)22(28)20(15-18)24(5,6)7/h9-15,28H,1-8H3. The first kappa shape index (κ1) is 21.7. The summed E-state index contributed by atoms with van der Waals surface area (Å²) in [6, 6.07) is 13.8. The number of carbonyl (C=O) groups is 1. The van der Waals surface area contributed by atoms with Crippen LogP contribution in [0.5, 0.6) is 5.75 Å². The van der Waals surface area contributed by atoms with Gasteiger partial charge in [0, 0.05) is 36.2 Å². The van der Waals surface area contributed by atoms with Gasteiger partial charge in [-0.2, -0.15) is 5.10 Å². The van der Waals surface area contributed by atoms with Crippen LogP contribution in [0.1, 0.15) is 70.7 Å². The second-order valence-electron chi connectivity index (χ2n) is 9.28. The maximum atomic E-state index is 11.8. The Morgan fingerprint density at radius 2 is 1.36 bits per heavy atom. The van der Waals surface area contributed by atoms with E-state index in [1.54, 1.807) is 7.05 Å². The molecule has 0 heterocycles. The molecule has 1 N–H and O–H groups in total. The molecule has 0 spiro atoms. The number of hydrogen-bond donors (Lipinski definition) is 1. The molecule has 0 unspecified atom stereocenters. The topological polar surface area (TPSA) is 52.9 Å². The second kappa shape index (κ2) is 7.78. The van der Waals surface area contributed by atoms with E-state index in [2.05, 4.69) is 46.6 Å². The molecular weight excluding hydrogens is 348 g/mol. The highest BCUT2D eigenvalue weighted by Crippen LogP contribution is 2.40. The SMILES string of the molecule is CC(=O)N(C)N=C(c1ccccc1)c1cc(C(C)(C)C)c(O)c(C(C)(C)C)c1. The molecule has 28 heavy (non-hydrogen) atoms. The van der Waals surface area contributed by atoms with Crippen LogP contribution in [0.25, 0.3) is 0 Å². The van der Waals surface area contributed by atoms with Crippen molar-refractivity contribution < 1.29 is 9.90 Å². The van der Waals surface area contributed by atoms with Crippen molar-refractivity contribution in [3.05, 3.63) is 64.7 Å². The van der Waals surface area contributed by atoms with Crippen molar-refractivity contribution in [2.75, 3.05) is 7.05 Å². The number of hydrazone groups is 1. The minimum atomic E-state index is -0.242. The monoisotopic (exact) mass is 380 g/mol. The fourth-order valence-corrected chi connectivity index (χ4v) is 3.01. The van der Waals surface area contributed by atoms with Crippen molar-refractivity contribution in [1.29, 1.82) is 0 Å². The van der Waals surface area contributed by atoms with E-state index in [1.807, 2.05) is 42.5 Å². The number of rotatable bonds is 3. The summed E-state index contributed by atoms with van der Waals surface area (Å²) in [6.45, 7) is 14.0. The van der Waals surface area contributed by atoms with E-state index in [0.29, 0.717) is 11.5 Å². The van der Waals surface area contributed by atoms with E-state index >= 15 is 0 Å². The van der Waals surface area contributed by atoms with Gasteiger partial charge in [-0.3, -0.25) is 4.79 Å². The summed E-state index contributed by atoms with van der Waals surface area (Å²) >= 11 is 0. The lowest BCUT2D eigenvalue weighted by molar-refractivity contribution is -0.127. The van der Waals surface area contributed by atoms with E-state index in [-0.39, 0.29) is 16.7 Å². The average molecular weight is 381 g/mol. The quantitative estimate of drug-likeness (QED) is 0.586. The molecule has 0 saturated carbocycles. The van der Waals surface area contributed by atoms with Gasteiger partial charge in [-0.15, -0.1) is 0 Å². The van der Waals surface area contributed by atoms with E-state index in [9.17, 15) is 9.90 Å². The van der Waals surface area contributed by atoms with Crippen LogP contribution >= 0.6 is 0 Å². The molecule has 0 aromatic heterocycles. The lowest BCUT2D eigenvalue weighted by Gasteiger charge is -2.28. The highest BCUT2D eigenvalue weighted by molar-refractivity contribution is 6.13. The van der Waals surface area contributed by atoms with Crippen molar-refractivity contribution in [3.8, 4) is 5.75 Å². The average Bonchev–Trinajstić information content (AvgIpc) is 2.58. The number of hydrogen-bond acceptors (Lipinski definition) is 3. The molecule has 0 bridgehead atoms. The summed E-state index contributed by atoms with van der Waals surface area (Å²) in [4.78, 5) is 11.8. The molecule has 0 saturated heterocycles. The minimum absolute atomic E-state index is 0.140. The van der Waals surface area contributed by atoms with Crippen LogP contribution in [-0.2, 0) is 15.6 Å². The third-order valence-corrected chi connectivity index (χ3v) is 4.75. The van der Waals surface area contributed by atoms with Gasteiger partial charge in [0.15, 0.2) is 0 Å². The maximum absolute atomic E-state index is 11.8. The van der Waals surface area contributed by atoms with Gasteiger partial charge in [-0.05, 0) is 23.0 Å². The molecule has 0 fully saturated rings. The summed E-state index contributed by atoms with van der Waals surface area (Å²) in [5.74, 6) is 0.190. The predicted molar refractivity (Wildman–Crippen MR) is 116 cm³/mol. The third-order valence-electron chi connectivity index (χ3n) is 4.75. The zero-order valence-electron chi connectivity index (χ0n) is 18.3. The van der Waals surface area contributed by atoms with Crippen molar-refractivity contribution >= 4 is 11.6 Å². The number of phenolic OH excluding ortho intramolecular Hbond substituents is 1. The van der Waals surface area contributed by atoms with Crippen LogP contribution in [0.2, 0.25) is 0 Å². The minimum Gasteiger partial charge on any atom is -0.507 e. The summed E-state index contributed by atoms with van der Waals surface area (Å²) in [6.07, 6.45) is 0. The van der Waals surface area contributed by atoms with Crippen molar-refractivity contribution in [2.45, 2.75) is 59.3 Å². The molecule has 4 heteroatoms. The van der Waals surface area contributed by atoms with Crippen molar-refractivity contribution in [1.82, 2.24) is 5.01 Å². The predicted octanol–water partition coefficient (Wildman–Crippen LogP) is 5.22. The number of phenols is 1. The van der Waals surface area contributed by atoms with Crippen LogP contribution in [-0.4, -0.2) is 28.8 Å². The zero-order valence-corrected chi connectivity index (χ0v) is 18.3. The highest BCUT2D eigenvalue weighted by atomic mass is 16.3. The largest absolute Gasteiger partial charge is 0.507 e. The fourth-order valence-electron chi connectivity index (χ4n) is 3.01. The Bertz CT molecular complexity index is 850. The van der Waals surface area contributed by atoms with E-state index in [4.69, 9.17) is 0 Å². The first-order valence-electron chi connectivity index (χ1n) is 9.59. The summed E-state index contributed by atoms with van der Waals surface area (Å²) in [5.41, 5.74) is 3.75. The maximum Gasteiger partial charge on any atom is 0.239 e. The lowest BCUT2D eigenvalue weighted by Crippen LogP contribution is -2.22. The van der Waals surface area contributed by atoms with Gasteiger partial charge in [0.05, 0.1) is 5.71 Å². The molecule has 150 valence electrons. The summed E-state index contributed by atoms with van der Waals surface area (Å²) in [7, 11) is 1.65. The smallest absolute Gasteiger partial charge is 0.239 e. The number of nitrogens with zero attached hydrogens (tertiary/aromatic N) is 2. The van der Waals surface area contributed by atoms with E-state index in [1.165, 1.54) is 11.9 Å². The van der Waals surface area contributed by atoms with E-state index in [0.717, 1.165) is 22.3 Å².